The molecule has 112 valence electrons. The molecule has 1 aromatic carbocycles. The predicted octanol–water partition coefficient (Wildman–Crippen LogP) is 5.70. The lowest BCUT2D eigenvalue weighted by Crippen LogP contribution is -2.11. The monoisotopic (exact) mass is 312 g/mol. The summed E-state index contributed by atoms with van der Waals surface area (Å²) >= 11 is 6.11. The van der Waals surface area contributed by atoms with Gasteiger partial charge in [0, 0.05) is 11.6 Å². The van der Waals surface area contributed by atoms with Gasteiger partial charge in [-0.2, -0.15) is 0 Å². The van der Waals surface area contributed by atoms with Gasteiger partial charge in [0.05, 0.1) is 16.4 Å². The number of pyridine rings is 1. The first-order valence-corrected chi connectivity index (χ1v) is 7.48. The minimum atomic E-state index is -0.135. The first-order valence-electron chi connectivity index (χ1n) is 7.10. The van der Waals surface area contributed by atoms with E-state index in [-0.39, 0.29) is 5.41 Å². The van der Waals surface area contributed by atoms with E-state index in [4.69, 9.17) is 11.6 Å². The van der Waals surface area contributed by atoms with Gasteiger partial charge in [-0.05, 0) is 24.3 Å². The molecule has 0 aliphatic heterocycles. The van der Waals surface area contributed by atoms with E-state index in [1.165, 1.54) is 0 Å². The Morgan fingerprint density at radius 1 is 1.00 bits per heavy atom. The summed E-state index contributed by atoms with van der Waals surface area (Å²) in [4.78, 5) is 4.69. The number of hydrogen-bond acceptors (Lipinski definition) is 3. The Morgan fingerprint density at radius 3 is 2.41 bits per heavy atom. The molecule has 0 spiro atoms. The highest BCUT2D eigenvalue weighted by molar-refractivity contribution is 6.30. The Hall–Kier alpha value is -2.20. The molecule has 0 N–H and O–H groups in total. The van der Waals surface area contributed by atoms with Gasteiger partial charge in [0.2, 0.25) is 0 Å². The fourth-order valence-corrected chi connectivity index (χ4v) is 2.37. The predicted molar refractivity (Wildman–Crippen MR) is 89.5 cm³/mol. The van der Waals surface area contributed by atoms with Crippen LogP contribution in [0.1, 0.15) is 26.5 Å². The summed E-state index contributed by atoms with van der Waals surface area (Å²) in [6, 6.07) is 13.4. The fourth-order valence-electron chi connectivity index (χ4n) is 2.20. The molecule has 22 heavy (non-hydrogen) atoms. The molecule has 4 nitrogen and oxygen atoms in total. The zero-order chi connectivity index (χ0) is 15.7. The molecule has 0 aliphatic carbocycles. The SMILES string of the molecule is CC(C)(C)c1nc2ccc(Cl)cn2c1N=Nc1ccccc1. The number of nitrogens with zero attached hydrogens (tertiary/aromatic N) is 4. The highest BCUT2D eigenvalue weighted by Crippen LogP contribution is 2.33. The van der Waals surface area contributed by atoms with Crippen molar-refractivity contribution >= 4 is 28.8 Å². The van der Waals surface area contributed by atoms with E-state index in [0.717, 1.165) is 17.0 Å². The number of halogens is 1. The van der Waals surface area contributed by atoms with Crippen molar-refractivity contribution in [3.63, 3.8) is 0 Å². The third-order valence-electron chi connectivity index (χ3n) is 3.28. The minimum absolute atomic E-state index is 0.135. The van der Waals surface area contributed by atoms with Crippen LogP contribution in [0.25, 0.3) is 5.65 Å². The van der Waals surface area contributed by atoms with E-state index in [1.54, 1.807) is 0 Å². The molecule has 0 saturated carbocycles. The zero-order valence-electron chi connectivity index (χ0n) is 12.8. The van der Waals surface area contributed by atoms with Crippen LogP contribution in [0, 0.1) is 0 Å². The summed E-state index contributed by atoms with van der Waals surface area (Å²) in [5, 5.41) is 9.40. The lowest BCUT2D eigenvalue weighted by atomic mass is 9.92. The van der Waals surface area contributed by atoms with Gasteiger partial charge in [0.1, 0.15) is 5.65 Å². The number of benzene rings is 1. The Labute approximate surface area is 134 Å². The van der Waals surface area contributed by atoms with E-state index in [0.29, 0.717) is 10.8 Å². The van der Waals surface area contributed by atoms with Crippen molar-refractivity contribution in [3.8, 4) is 0 Å². The van der Waals surface area contributed by atoms with Gasteiger partial charge < -0.3 is 0 Å². The van der Waals surface area contributed by atoms with Crippen molar-refractivity contribution in [1.29, 1.82) is 0 Å². The molecule has 5 heteroatoms. The first-order chi connectivity index (χ1) is 10.4. The van der Waals surface area contributed by atoms with Crippen LogP contribution in [0.3, 0.4) is 0 Å². The maximum Gasteiger partial charge on any atom is 0.183 e. The molecule has 0 atom stereocenters. The molecule has 2 heterocycles. The Bertz CT molecular complexity index is 829. The van der Waals surface area contributed by atoms with Crippen LogP contribution in [0.4, 0.5) is 11.5 Å². The fraction of sp³-hybridized carbons (Fsp3) is 0.235. The molecule has 0 amide bonds. The molecule has 2 aromatic heterocycles. The second kappa shape index (κ2) is 5.54. The number of aromatic nitrogens is 2. The smallest absolute Gasteiger partial charge is 0.183 e. The van der Waals surface area contributed by atoms with Gasteiger partial charge in [0.25, 0.3) is 0 Å². The van der Waals surface area contributed by atoms with E-state index in [9.17, 15) is 0 Å². The molecule has 3 aromatic rings. The van der Waals surface area contributed by atoms with Crippen molar-refractivity contribution in [1.82, 2.24) is 9.38 Å². The second-order valence-electron chi connectivity index (χ2n) is 6.15. The lowest BCUT2D eigenvalue weighted by molar-refractivity contribution is 0.574. The highest BCUT2D eigenvalue weighted by atomic mass is 35.5. The van der Waals surface area contributed by atoms with Gasteiger partial charge in [0.15, 0.2) is 5.82 Å². The summed E-state index contributed by atoms with van der Waals surface area (Å²) < 4.78 is 1.88. The van der Waals surface area contributed by atoms with E-state index in [2.05, 4.69) is 36.0 Å². The molecule has 3 rings (SSSR count). The van der Waals surface area contributed by atoms with Crippen molar-refractivity contribution in [2.24, 2.45) is 10.2 Å². The zero-order valence-corrected chi connectivity index (χ0v) is 13.5. The van der Waals surface area contributed by atoms with Gasteiger partial charge in [-0.1, -0.05) is 50.6 Å². The van der Waals surface area contributed by atoms with Crippen LogP contribution in [-0.2, 0) is 5.41 Å². The van der Waals surface area contributed by atoms with E-state index >= 15 is 0 Å². The number of imidazole rings is 1. The largest absolute Gasteiger partial charge is 0.281 e. The van der Waals surface area contributed by atoms with Crippen LogP contribution in [0.2, 0.25) is 5.02 Å². The summed E-state index contributed by atoms with van der Waals surface area (Å²) in [7, 11) is 0. The van der Waals surface area contributed by atoms with Crippen LogP contribution < -0.4 is 0 Å². The maximum atomic E-state index is 6.11. The standard InChI is InChI=1S/C17H17ClN4/c1-17(2,3)15-16(21-20-13-7-5-4-6-8-13)22-11-12(18)9-10-14(22)19-15/h4-11H,1-3H3. The lowest BCUT2D eigenvalue weighted by Gasteiger charge is -2.15. The average Bonchev–Trinajstić information content (AvgIpc) is 2.84. The summed E-state index contributed by atoms with van der Waals surface area (Å²) in [6.07, 6.45) is 1.82. The van der Waals surface area contributed by atoms with Gasteiger partial charge in [-0.15, -0.1) is 10.2 Å². The Kier molecular flexibility index (Phi) is 3.71. The van der Waals surface area contributed by atoms with Crippen molar-refractivity contribution < 1.29 is 0 Å². The minimum Gasteiger partial charge on any atom is -0.281 e. The average molecular weight is 313 g/mol. The van der Waals surface area contributed by atoms with Gasteiger partial charge >= 0.3 is 0 Å². The molecular formula is C17H17ClN4. The highest BCUT2D eigenvalue weighted by Gasteiger charge is 2.24. The van der Waals surface area contributed by atoms with Gasteiger partial charge in [-0.3, -0.25) is 4.40 Å². The first kappa shape index (κ1) is 14.7. The molecule has 0 unspecified atom stereocenters. The summed E-state index contributed by atoms with van der Waals surface area (Å²) in [6.45, 7) is 6.33. The summed E-state index contributed by atoms with van der Waals surface area (Å²) in [5.74, 6) is 0.717. The van der Waals surface area contributed by atoms with Crippen LogP contribution in [-0.4, -0.2) is 9.38 Å². The van der Waals surface area contributed by atoms with Crippen LogP contribution in [0.15, 0.2) is 58.9 Å². The molecular weight excluding hydrogens is 296 g/mol. The molecule has 0 saturated heterocycles. The Morgan fingerprint density at radius 2 is 1.73 bits per heavy atom. The molecule has 0 aliphatic rings. The Balaban J connectivity index is 2.17. The number of rotatable bonds is 2. The van der Waals surface area contributed by atoms with E-state index in [1.807, 2.05) is 53.1 Å². The summed E-state index contributed by atoms with van der Waals surface area (Å²) in [5.41, 5.74) is 2.38. The molecule has 0 fully saturated rings. The quantitative estimate of drug-likeness (QED) is 0.559. The third kappa shape index (κ3) is 2.88. The maximum absolute atomic E-state index is 6.11. The van der Waals surface area contributed by atoms with Crippen molar-refractivity contribution in [3.05, 3.63) is 59.4 Å². The number of hydrogen-bond donors (Lipinski definition) is 0. The van der Waals surface area contributed by atoms with Gasteiger partial charge in [-0.25, -0.2) is 4.98 Å². The topological polar surface area (TPSA) is 42.0 Å². The second-order valence-corrected chi connectivity index (χ2v) is 6.58. The molecule has 0 bridgehead atoms. The normalized spacial score (nSPS) is 12.4. The molecule has 0 radical (unpaired) electrons. The number of fused-ring (bicyclic) bond motifs is 1. The van der Waals surface area contributed by atoms with E-state index < -0.39 is 0 Å². The third-order valence-corrected chi connectivity index (χ3v) is 3.51. The number of azo groups is 1. The van der Waals surface area contributed by atoms with Crippen molar-refractivity contribution in [2.75, 3.05) is 0 Å². The van der Waals surface area contributed by atoms with Crippen LogP contribution in [0.5, 0.6) is 0 Å². The van der Waals surface area contributed by atoms with Crippen LogP contribution >= 0.6 is 11.6 Å². The van der Waals surface area contributed by atoms with Crippen molar-refractivity contribution in [2.45, 2.75) is 26.2 Å².